The Morgan fingerprint density at radius 1 is 1.48 bits per heavy atom. The van der Waals surface area contributed by atoms with Gasteiger partial charge in [-0.25, -0.2) is 0 Å². The predicted octanol–water partition coefficient (Wildman–Crippen LogP) is 2.13. The Labute approximate surface area is 144 Å². The van der Waals surface area contributed by atoms with E-state index >= 15 is 0 Å². The van der Waals surface area contributed by atoms with E-state index in [0.29, 0.717) is 18.5 Å². The summed E-state index contributed by atoms with van der Waals surface area (Å²) < 4.78 is 5.18. The molecule has 5 nitrogen and oxygen atoms in total. The number of para-hydroxylation sites is 1. The zero-order valence-corrected chi connectivity index (χ0v) is 15.0. The maximum absolute atomic E-state index is 5.97. The number of benzene rings is 1. The Kier molecular flexibility index (Phi) is 7.98. The minimum atomic E-state index is 0. The molecule has 1 unspecified atom stereocenters. The quantitative estimate of drug-likeness (QED) is 0.449. The van der Waals surface area contributed by atoms with Gasteiger partial charge in [-0.05, 0) is 32.0 Å². The second kappa shape index (κ2) is 9.22. The number of methoxy groups -OCH3 is 1. The van der Waals surface area contributed by atoms with E-state index in [1.165, 1.54) is 6.42 Å². The first-order valence-electron chi connectivity index (χ1n) is 7.01. The van der Waals surface area contributed by atoms with Crippen LogP contribution < -0.4 is 11.1 Å². The van der Waals surface area contributed by atoms with Crippen LogP contribution in [0.4, 0.5) is 5.69 Å². The molecule has 2 rings (SSSR count). The SMILES string of the molecule is COCc1ccccc1NC(N)=NCC1CCN(C)C1.I. The third-order valence-corrected chi connectivity index (χ3v) is 3.59. The molecule has 1 aliphatic heterocycles. The van der Waals surface area contributed by atoms with Crippen molar-refractivity contribution in [3.8, 4) is 0 Å². The van der Waals surface area contributed by atoms with E-state index in [1.54, 1.807) is 7.11 Å². The van der Waals surface area contributed by atoms with Gasteiger partial charge in [-0.1, -0.05) is 18.2 Å². The highest BCUT2D eigenvalue weighted by atomic mass is 127. The number of aliphatic imine (C=N–C) groups is 1. The van der Waals surface area contributed by atoms with Crippen LogP contribution in [-0.4, -0.2) is 44.7 Å². The lowest BCUT2D eigenvalue weighted by molar-refractivity contribution is 0.185. The Morgan fingerprint density at radius 3 is 2.90 bits per heavy atom. The van der Waals surface area contributed by atoms with E-state index in [1.807, 2.05) is 24.3 Å². The number of hydrogen-bond donors (Lipinski definition) is 2. The summed E-state index contributed by atoms with van der Waals surface area (Å²) in [7, 11) is 3.83. The molecule has 1 aromatic carbocycles. The van der Waals surface area contributed by atoms with Crippen molar-refractivity contribution < 1.29 is 4.74 Å². The van der Waals surface area contributed by atoms with Gasteiger partial charge in [0.05, 0.1) is 6.61 Å². The van der Waals surface area contributed by atoms with Crippen LogP contribution in [0.25, 0.3) is 0 Å². The number of rotatable bonds is 5. The molecular formula is C15H25IN4O. The highest BCUT2D eigenvalue weighted by Crippen LogP contribution is 2.16. The number of hydrogen-bond acceptors (Lipinski definition) is 3. The van der Waals surface area contributed by atoms with Crippen molar-refractivity contribution in [2.75, 3.05) is 39.1 Å². The Bertz CT molecular complexity index is 467. The number of anilines is 1. The number of nitrogens with two attached hydrogens (primary N) is 1. The molecule has 1 fully saturated rings. The van der Waals surface area contributed by atoms with Crippen molar-refractivity contribution in [1.29, 1.82) is 0 Å². The molecule has 21 heavy (non-hydrogen) atoms. The van der Waals surface area contributed by atoms with Gasteiger partial charge < -0.3 is 20.7 Å². The molecule has 1 saturated heterocycles. The molecule has 0 aromatic heterocycles. The molecule has 0 radical (unpaired) electrons. The van der Waals surface area contributed by atoms with Crippen LogP contribution in [0.3, 0.4) is 0 Å². The molecule has 118 valence electrons. The van der Waals surface area contributed by atoms with Crippen molar-refractivity contribution in [2.24, 2.45) is 16.6 Å². The molecular weight excluding hydrogens is 379 g/mol. The van der Waals surface area contributed by atoms with E-state index in [2.05, 4.69) is 22.3 Å². The third kappa shape index (κ3) is 5.80. The largest absolute Gasteiger partial charge is 0.380 e. The van der Waals surface area contributed by atoms with Crippen molar-refractivity contribution in [1.82, 2.24) is 4.90 Å². The van der Waals surface area contributed by atoms with Crippen molar-refractivity contribution in [3.05, 3.63) is 29.8 Å². The summed E-state index contributed by atoms with van der Waals surface area (Å²) in [5.41, 5.74) is 8.00. The van der Waals surface area contributed by atoms with Gasteiger partial charge in [-0.2, -0.15) is 0 Å². The summed E-state index contributed by atoms with van der Waals surface area (Å²) in [5, 5.41) is 3.16. The number of guanidine groups is 1. The van der Waals surface area contributed by atoms with E-state index < -0.39 is 0 Å². The first kappa shape index (κ1) is 18.2. The summed E-state index contributed by atoms with van der Waals surface area (Å²) in [6.45, 7) is 3.61. The average Bonchev–Trinajstić information content (AvgIpc) is 2.85. The minimum Gasteiger partial charge on any atom is -0.380 e. The number of nitrogens with one attached hydrogen (secondary N) is 1. The maximum Gasteiger partial charge on any atom is 0.193 e. The van der Waals surface area contributed by atoms with Gasteiger partial charge in [0.1, 0.15) is 0 Å². The lowest BCUT2D eigenvalue weighted by atomic mass is 10.1. The smallest absolute Gasteiger partial charge is 0.193 e. The fraction of sp³-hybridized carbons (Fsp3) is 0.533. The van der Waals surface area contributed by atoms with E-state index in [-0.39, 0.29) is 24.0 Å². The van der Waals surface area contributed by atoms with Gasteiger partial charge in [-0.3, -0.25) is 4.99 Å². The molecule has 0 spiro atoms. The third-order valence-electron chi connectivity index (χ3n) is 3.59. The zero-order valence-electron chi connectivity index (χ0n) is 12.7. The summed E-state index contributed by atoms with van der Waals surface area (Å²) >= 11 is 0. The zero-order chi connectivity index (χ0) is 14.4. The molecule has 3 N–H and O–H groups in total. The normalized spacial score (nSPS) is 19.3. The molecule has 0 saturated carbocycles. The van der Waals surface area contributed by atoms with Crippen LogP contribution in [0.1, 0.15) is 12.0 Å². The first-order chi connectivity index (χ1) is 9.69. The van der Waals surface area contributed by atoms with Gasteiger partial charge in [0, 0.05) is 31.5 Å². The second-order valence-electron chi connectivity index (χ2n) is 5.36. The topological polar surface area (TPSA) is 62.9 Å². The monoisotopic (exact) mass is 404 g/mol. The van der Waals surface area contributed by atoms with E-state index in [0.717, 1.165) is 30.9 Å². The Hall–Kier alpha value is -0.860. The standard InChI is InChI=1S/C15H24N4O.HI/c1-19-8-7-12(10-19)9-17-15(16)18-14-6-4-3-5-13(14)11-20-2;/h3-6,12H,7-11H2,1-2H3,(H3,16,17,18);1H. The van der Waals surface area contributed by atoms with Gasteiger partial charge in [0.25, 0.3) is 0 Å². The van der Waals surface area contributed by atoms with Crippen molar-refractivity contribution in [3.63, 3.8) is 0 Å². The summed E-state index contributed by atoms with van der Waals surface area (Å²) in [4.78, 5) is 6.78. The molecule has 1 heterocycles. The van der Waals surface area contributed by atoms with E-state index in [4.69, 9.17) is 10.5 Å². The number of ether oxygens (including phenoxy) is 1. The fourth-order valence-electron chi connectivity index (χ4n) is 2.50. The molecule has 1 aromatic rings. The van der Waals surface area contributed by atoms with Gasteiger partial charge >= 0.3 is 0 Å². The van der Waals surface area contributed by atoms with Crippen LogP contribution in [-0.2, 0) is 11.3 Å². The van der Waals surface area contributed by atoms with Gasteiger partial charge in [0.2, 0.25) is 0 Å². The summed E-state index contributed by atoms with van der Waals surface area (Å²) in [6, 6.07) is 7.97. The predicted molar refractivity (Wildman–Crippen MR) is 98.3 cm³/mol. The van der Waals surface area contributed by atoms with Crippen LogP contribution in [0.5, 0.6) is 0 Å². The van der Waals surface area contributed by atoms with Gasteiger partial charge in [0.15, 0.2) is 5.96 Å². The maximum atomic E-state index is 5.97. The van der Waals surface area contributed by atoms with E-state index in [9.17, 15) is 0 Å². The van der Waals surface area contributed by atoms with Crippen LogP contribution in [0, 0.1) is 5.92 Å². The minimum absolute atomic E-state index is 0. The average molecular weight is 404 g/mol. The number of nitrogens with zero attached hydrogens (tertiary/aromatic N) is 2. The molecule has 1 aliphatic rings. The summed E-state index contributed by atoms with van der Waals surface area (Å²) in [6.07, 6.45) is 1.20. The van der Waals surface area contributed by atoms with Crippen LogP contribution in [0.2, 0.25) is 0 Å². The molecule has 0 aliphatic carbocycles. The lowest BCUT2D eigenvalue weighted by Gasteiger charge is -2.12. The van der Waals surface area contributed by atoms with Crippen LogP contribution in [0.15, 0.2) is 29.3 Å². The first-order valence-corrected chi connectivity index (χ1v) is 7.01. The lowest BCUT2D eigenvalue weighted by Crippen LogP contribution is -2.25. The highest BCUT2D eigenvalue weighted by Gasteiger charge is 2.18. The summed E-state index contributed by atoms with van der Waals surface area (Å²) in [5.74, 6) is 1.10. The molecule has 1 atom stereocenters. The number of halogens is 1. The second-order valence-corrected chi connectivity index (χ2v) is 5.36. The van der Waals surface area contributed by atoms with Crippen molar-refractivity contribution in [2.45, 2.75) is 13.0 Å². The molecule has 6 heteroatoms. The molecule has 0 bridgehead atoms. The molecule has 0 amide bonds. The van der Waals surface area contributed by atoms with Gasteiger partial charge in [-0.15, -0.1) is 24.0 Å². The Morgan fingerprint density at radius 2 is 2.24 bits per heavy atom. The number of likely N-dealkylation sites (tertiary alicyclic amines) is 1. The van der Waals surface area contributed by atoms with Crippen molar-refractivity contribution >= 4 is 35.6 Å². The van der Waals surface area contributed by atoms with Crippen LogP contribution >= 0.6 is 24.0 Å². The Balaban J connectivity index is 0.00000220. The fourth-order valence-corrected chi connectivity index (χ4v) is 2.50. The highest BCUT2D eigenvalue weighted by molar-refractivity contribution is 14.0.